The van der Waals surface area contributed by atoms with Crippen molar-refractivity contribution in [2.45, 2.75) is 13.5 Å². The van der Waals surface area contributed by atoms with Gasteiger partial charge in [0.25, 0.3) is 5.91 Å². The summed E-state index contributed by atoms with van der Waals surface area (Å²) in [6.45, 7) is 2.46. The Morgan fingerprint density at radius 2 is 1.96 bits per heavy atom. The number of carbonyl (C=O) groups excluding carboxylic acids is 1. The molecular weight excluding hydrogens is 368 g/mol. The second-order valence-electron chi connectivity index (χ2n) is 5.69. The molecule has 0 aliphatic heterocycles. The summed E-state index contributed by atoms with van der Waals surface area (Å²) in [5, 5.41) is 3.90. The van der Waals surface area contributed by atoms with Crippen molar-refractivity contribution in [2.75, 3.05) is 7.11 Å². The molecule has 3 rings (SSSR count). The highest BCUT2D eigenvalue weighted by atomic mass is 79.9. The zero-order chi connectivity index (χ0) is 17.3. The predicted molar refractivity (Wildman–Crippen MR) is 99.5 cm³/mol. The molecule has 1 amide bonds. The fourth-order valence-electron chi connectivity index (χ4n) is 2.87. The summed E-state index contributed by atoms with van der Waals surface area (Å²) >= 11 is 3.51. The fourth-order valence-corrected chi connectivity index (χ4v) is 3.37. The third-order valence-corrected chi connectivity index (χ3v) is 4.91. The molecule has 0 bridgehead atoms. The Kier molecular flexibility index (Phi) is 4.62. The maximum Gasteiger partial charge on any atom is 0.254 e. The smallest absolute Gasteiger partial charge is 0.254 e. The van der Waals surface area contributed by atoms with E-state index in [0.717, 1.165) is 26.6 Å². The van der Waals surface area contributed by atoms with Crippen LogP contribution in [0.3, 0.4) is 0 Å². The first-order valence-corrected chi connectivity index (χ1v) is 8.47. The molecular formula is C19H19BrN2O2. The molecule has 0 saturated heterocycles. The molecule has 24 heavy (non-hydrogen) atoms. The highest BCUT2D eigenvalue weighted by Crippen LogP contribution is 2.34. The van der Waals surface area contributed by atoms with Gasteiger partial charge >= 0.3 is 0 Å². The van der Waals surface area contributed by atoms with Gasteiger partial charge in [0.05, 0.1) is 22.7 Å². The van der Waals surface area contributed by atoms with E-state index in [4.69, 9.17) is 4.74 Å². The first kappa shape index (κ1) is 16.6. The maximum atomic E-state index is 12.8. The first-order valence-electron chi connectivity index (χ1n) is 7.67. The van der Waals surface area contributed by atoms with Gasteiger partial charge in [0.15, 0.2) is 0 Å². The van der Waals surface area contributed by atoms with Gasteiger partial charge in [-0.2, -0.15) is 0 Å². The average molecular weight is 387 g/mol. The number of ether oxygens (including phenoxy) is 1. The summed E-state index contributed by atoms with van der Waals surface area (Å²) in [6, 6.07) is 13.8. The lowest BCUT2D eigenvalue weighted by atomic mass is 10.1. The summed E-state index contributed by atoms with van der Waals surface area (Å²) in [5.41, 5.74) is 3.68. The van der Waals surface area contributed by atoms with Crippen LogP contribution in [0, 0.1) is 6.92 Å². The number of carbonyl (C=O) groups is 1. The van der Waals surface area contributed by atoms with E-state index in [9.17, 15) is 4.79 Å². The van der Waals surface area contributed by atoms with E-state index >= 15 is 0 Å². The number of methoxy groups -OCH3 is 1. The fraction of sp³-hybridized carbons (Fsp3) is 0.211. The second-order valence-corrected chi connectivity index (χ2v) is 6.55. The highest BCUT2D eigenvalue weighted by Gasteiger charge is 2.20. The number of benzene rings is 2. The van der Waals surface area contributed by atoms with Crippen LogP contribution in [-0.2, 0) is 13.6 Å². The normalized spacial score (nSPS) is 10.8. The third kappa shape index (κ3) is 2.91. The van der Waals surface area contributed by atoms with Gasteiger partial charge in [-0.1, -0.05) is 30.3 Å². The van der Waals surface area contributed by atoms with Crippen LogP contribution < -0.4 is 10.1 Å². The molecule has 124 valence electrons. The number of hydrogen-bond donors (Lipinski definition) is 1. The van der Waals surface area contributed by atoms with Gasteiger partial charge in [0.2, 0.25) is 0 Å². The van der Waals surface area contributed by atoms with Crippen molar-refractivity contribution in [2.24, 2.45) is 7.05 Å². The Labute approximate surface area is 149 Å². The molecule has 3 aromatic rings. The monoisotopic (exact) mass is 386 g/mol. The molecule has 0 saturated carbocycles. The van der Waals surface area contributed by atoms with E-state index in [2.05, 4.69) is 21.2 Å². The van der Waals surface area contributed by atoms with E-state index in [-0.39, 0.29) is 5.91 Å². The number of halogens is 1. The van der Waals surface area contributed by atoms with Crippen LogP contribution in [0.4, 0.5) is 0 Å². The minimum atomic E-state index is -0.0775. The molecule has 0 radical (unpaired) electrons. The zero-order valence-corrected chi connectivity index (χ0v) is 15.5. The summed E-state index contributed by atoms with van der Waals surface area (Å²) in [7, 11) is 3.58. The van der Waals surface area contributed by atoms with E-state index in [0.29, 0.717) is 17.9 Å². The molecule has 1 N–H and O–H groups in total. The van der Waals surface area contributed by atoms with Crippen LogP contribution in [0.25, 0.3) is 10.9 Å². The van der Waals surface area contributed by atoms with Crippen molar-refractivity contribution in [3.8, 4) is 5.75 Å². The summed E-state index contributed by atoms with van der Waals surface area (Å²) in [4.78, 5) is 12.8. The first-order chi connectivity index (χ1) is 11.5. The number of aryl methyl sites for hydroxylation is 1. The SMILES string of the molecule is COc1cc2c(C(=O)NCc3ccccc3)c(C)n(C)c2cc1Br. The van der Waals surface area contributed by atoms with E-state index in [1.807, 2.05) is 61.0 Å². The molecule has 1 aromatic heterocycles. The summed E-state index contributed by atoms with van der Waals surface area (Å²) in [5.74, 6) is 0.636. The molecule has 0 aliphatic carbocycles. The second kappa shape index (κ2) is 6.69. The van der Waals surface area contributed by atoms with Gasteiger partial charge in [0, 0.05) is 24.7 Å². The number of nitrogens with zero attached hydrogens (tertiary/aromatic N) is 1. The molecule has 5 heteroatoms. The quantitative estimate of drug-likeness (QED) is 0.730. The Morgan fingerprint density at radius 3 is 2.62 bits per heavy atom. The lowest BCUT2D eigenvalue weighted by Crippen LogP contribution is -2.23. The van der Waals surface area contributed by atoms with Crippen molar-refractivity contribution in [1.29, 1.82) is 0 Å². The molecule has 0 atom stereocenters. The number of fused-ring (bicyclic) bond motifs is 1. The predicted octanol–water partition coefficient (Wildman–Crippen LogP) is 4.19. The lowest BCUT2D eigenvalue weighted by Gasteiger charge is -2.07. The minimum Gasteiger partial charge on any atom is -0.496 e. The Morgan fingerprint density at radius 1 is 1.25 bits per heavy atom. The molecule has 0 spiro atoms. The number of amides is 1. The van der Waals surface area contributed by atoms with E-state index in [1.165, 1.54) is 0 Å². The Bertz CT molecular complexity index is 901. The molecule has 0 unspecified atom stereocenters. The minimum absolute atomic E-state index is 0.0775. The molecule has 2 aromatic carbocycles. The van der Waals surface area contributed by atoms with Crippen LogP contribution >= 0.6 is 15.9 Å². The Hall–Kier alpha value is -2.27. The zero-order valence-electron chi connectivity index (χ0n) is 13.9. The van der Waals surface area contributed by atoms with Crippen LogP contribution in [0.2, 0.25) is 0 Å². The summed E-state index contributed by atoms with van der Waals surface area (Å²) < 4.78 is 8.27. The lowest BCUT2D eigenvalue weighted by molar-refractivity contribution is 0.0951. The van der Waals surface area contributed by atoms with Crippen molar-refractivity contribution in [1.82, 2.24) is 9.88 Å². The van der Waals surface area contributed by atoms with Crippen LogP contribution in [0.5, 0.6) is 5.75 Å². The average Bonchev–Trinajstić information content (AvgIpc) is 2.84. The Balaban J connectivity index is 1.98. The van der Waals surface area contributed by atoms with Crippen molar-refractivity contribution >= 4 is 32.7 Å². The number of hydrogen-bond acceptors (Lipinski definition) is 2. The largest absolute Gasteiger partial charge is 0.496 e. The third-order valence-electron chi connectivity index (χ3n) is 4.29. The molecule has 1 heterocycles. The number of rotatable bonds is 4. The van der Waals surface area contributed by atoms with Gasteiger partial charge < -0.3 is 14.6 Å². The van der Waals surface area contributed by atoms with Gasteiger partial charge in [-0.15, -0.1) is 0 Å². The van der Waals surface area contributed by atoms with Gasteiger partial charge in [-0.05, 0) is 40.5 Å². The molecule has 0 fully saturated rings. The topological polar surface area (TPSA) is 43.3 Å². The van der Waals surface area contributed by atoms with E-state index in [1.54, 1.807) is 7.11 Å². The van der Waals surface area contributed by atoms with Crippen molar-refractivity contribution in [3.05, 3.63) is 63.8 Å². The van der Waals surface area contributed by atoms with Crippen LogP contribution in [0.15, 0.2) is 46.9 Å². The van der Waals surface area contributed by atoms with Gasteiger partial charge in [-0.25, -0.2) is 0 Å². The van der Waals surface area contributed by atoms with Crippen LogP contribution in [0.1, 0.15) is 21.6 Å². The summed E-state index contributed by atoms with van der Waals surface area (Å²) in [6.07, 6.45) is 0. The van der Waals surface area contributed by atoms with Crippen LogP contribution in [-0.4, -0.2) is 17.6 Å². The van der Waals surface area contributed by atoms with Gasteiger partial charge in [-0.3, -0.25) is 4.79 Å². The van der Waals surface area contributed by atoms with E-state index < -0.39 is 0 Å². The van der Waals surface area contributed by atoms with Gasteiger partial charge in [0.1, 0.15) is 5.75 Å². The standard InChI is InChI=1S/C19H19BrN2O2/c1-12-18(19(23)21-11-13-7-5-4-6-8-13)14-9-17(24-3)15(20)10-16(14)22(12)2/h4-10H,11H2,1-3H3,(H,21,23). The van der Waals surface area contributed by atoms with Crippen molar-refractivity contribution in [3.63, 3.8) is 0 Å². The number of aromatic nitrogens is 1. The maximum absolute atomic E-state index is 12.8. The highest BCUT2D eigenvalue weighted by molar-refractivity contribution is 9.10. The van der Waals surface area contributed by atoms with Crippen molar-refractivity contribution < 1.29 is 9.53 Å². The molecule has 4 nitrogen and oxygen atoms in total. The molecule has 0 aliphatic rings. The number of nitrogens with one attached hydrogen (secondary N) is 1.